The molecule has 3 rings (SSSR count). The zero-order chi connectivity index (χ0) is 16.3. The summed E-state index contributed by atoms with van der Waals surface area (Å²) in [6, 6.07) is 4.35. The van der Waals surface area contributed by atoms with Crippen molar-refractivity contribution < 1.29 is 22.5 Å². The first kappa shape index (κ1) is 15.9. The van der Waals surface area contributed by atoms with Crippen LogP contribution in [0.15, 0.2) is 18.2 Å². The molecular weight excluding hydrogens is 292 g/mol. The third-order valence-corrected chi connectivity index (χ3v) is 4.94. The summed E-state index contributed by atoms with van der Waals surface area (Å²) in [5.74, 6) is 0.378. The molecule has 2 nitrogen and oxygen atoms in total. The van der Waals surface area contributed by atoms with Gasteiger partial charge in [0, 0.05) is 0 Å². The maximum absolute atomic E-state index is 13.3. The Labute approximate surface area is 129 Å². The van der Waals surface area contributed by atoms with Gasteiger partial charge in [-0.3, -0.25) is 0 Å². The van der Waals surface area contributed by atoms with Crippen LogP contribution in [0.2, 0.25) is 0 Å². The van der Waals surface area contributed by atoms with Gasteiger partial charge in [0.2, 0.25) is 0 Å². The monoisotopic (exact) mass is 312 g/mol. The summed E-state index contributed by atoms with van der Waals surface area (Å²) in [6.45, 7) is 7.35. The second kappa shape index (κ2) is 4.74. The van der Waals surface area contributed by atoms with E-state index in [1.54, 1.807) is 12.1 Å². The van der Waals surface area contributed by atoms with E-state index in [-0.39, 0.29) is 5.46 Å². The summed E-state index contributed by atoms with van der Waals surface area (Å²) in [6.07, 6.45) is -2.34. The number of rotatable bonds is 2. The second-order valence-electron chi connectivity index (χ2n) is 7.21. The standard InChI is InChI=1S/C16H20BF3O2/c1-14(2)15(3,4)22-17(21-14)13-9-11(10-5-6-10)7-8-12(13)16(18,19)20/h7-10H,5-6H2,1-4H3. The highest BCUT2D eigenvalue weighted by Gasteiger charge is 2.53. The van der Waals surface area contributed by atoms with Crippen molar-refractivity contribution in [2.75, 3.05) is 0 Å². The summed E-state index contributed by atoms with van der Waals surface area (Å²) >= 11 is 0. The number of alkyl halides is 3. The lowest BCUT2D eigenvalue weighted by molar-refractivity contribution is -0.136. The molecule has 1 heterocycles. The predicted octanol–water partition coefficient (Wildman–Crippen LogP) is 3.88. The fourth-order valence-corrected chi connectivity index (χ4v) is 2.67. The molecule has 0 amide bonds. The Balaban J connectivity index is 2.03. The zero-order valence-electron chi connectivity index (χ0n) is 13.3. The molecule has 2 aliphatic rings. The normalized spacial score (nSPS) is 23.9. The van der Waals surface area contributed by atoms with Crippen molar-refractivity contribution in [2.45, 2.75) is 63.8 Å². The van der Waals surface area contributed by atoms with Gasteiger partial charge in [-0.1, -0.05) is 18.2 Å². The van der Waals surface area contributed by atoms with E-state index in [1.165, 1.54) is 0 Å². The molecule has 1 aliphatic heterocycles. The summed E-state index contributed by atoms with van der Waals surface area (Å²) in [5.41, 5.74) is -0.949. The molecule has 1 saturated heterocycles. The number of benzene rings is 1. The van der Waals surface area contributed by atoms with Crippen LogP contribution in [0, 0.1) is 0 Å². The van der Waals surface area contributed by atoms with Gasteiger partial charge in [-0.05, 0) is 57.5 Å². The van der Waals surface area contributed by atoms with Crippen LogP contribution in [0.25, 0.3) is 0 Å². The fraction of sp³-hybridized carbons (Fsp3) is 0.625. The molecule has 120 valence electrons. The van der Waals surface area contributed by atoms with Gasteiger partial charge in [0.25, 0.3) is 0 Å². The first-order chi connectivity index (χ1) is 10.0. The molecule has 2 fully saturated rings. The van der Waals surface area contributed by atoms with Gasteiger partial charge in [0.1, 0.15) is 0 Å². The Morgan fingerprint density at radius 1 is 1.05 bits per heavy atom. The van der Waals surface area contributed by atoms with Gasteiger partial charge < -0.3 is 9.31 Å². The summed E-state index contributed by atoms with van der Waals surface area (Å²) in [4.78, 5) is 0. The SMILES string of the molecule is CC1(C)OB(c2cc(C3CC3)ccc2C(F)(F)F)OC1(C)C. The molecule has 1 aliphatic carbocycles. The lowest BCUT2D eigenvalue weighted by atomic mass is 9.74. The summed E-state index contributed by atoms with van der Waals surface area (Å²) in [7, 11) is -0.986. The number of hydrogen-bond acceptors (Lipinski definition) is 2. The van der Waals surface area contributed by atoms with Crippen LogP contribution < -0.4 is 5.46 Å². The Morgan fingerprint density at radius 3 is 2.05 bits per heavy atom. The van der Waals surface area contributed by atoms with Crippen molar-refractivity contribution in [3.8, 4) is 0 Å². The van der Waals surface area contributed by atoms with Gasteiger partial charge in [0.15, 0.2) is 0 Å². The topological polar surface area (TPSA) is 18.5 Å². The van der Waals surface area contributed by atoms with E-state index < -0.39 is 30.1 Å². The lowest BCUT2D eigenvalue weighted by Crippen LogP contribution is -2.41. The van der Waals surface area contributed by atoms with Gasteiger partial charge >= 0.3 is 13.3 Å². The van der Waals surface area contributed by atoms with Gasteiger partial charge in [-0.25, -0.2) is 0 Å². The minimum Gasteiger partial charge on any atom is -0.399 e. The number of hydrogen-bond donors (Lipinski definition) is 0. The van der Waals surface area contributed by atoms with Crippen LogP contribution in [0.3, 0.4) is 0 Å². The smallest absolute Gasteiger partial charge is 0.399 e. The molecule has 0 N–H and O–H groups in total. The maximum atomic E-state index is 13.3. The fourth-order valence-electron chi connectivity index (χ4n) is 2.67. The highest BCUT2D eigenvalue weighted by molar-refractivity contribution is 6.62. The van der Waals surface area contributed by atoms with E-state index in [0.29, 0.717) is 5.92 Å². The average molecular weight is 312 g/mol. The van der Waals surface area contributed by atoms with Crippen LogP contribution in [0.1, 0.15) is 57.6 Å². The van der Waals surface area contributed by atoms with Crippen molar-refractivity contribution in [1.82, 2.24) is 0 Å². The van der Waals surface area contributed by atoms with Crippen molar-refractivity contribution >= 4 is 12.6 Å². The molecule has 22 heavy (non-hydrogen) atoms. The molecule has 0 bridgehead atoms. The van der Waals surface area contributed by atoms with Gasteiger partial charge in [0.05, 0.1) is 16.8 Å². The molecule has 0 atom stereocenters. The second-order valence-corrected chi connectivity index (χ2v) is 7.21. The zero-order valence-corrected chi connectivity index (χ0v) is 13.3. The summed E-state index contributed by atoms with van der Waals surface area (Å²) in [5, 5.41) is 0. The molecule has 0 unspecified atom stereocenters. The van der Waals surface area contributed by atoms with Crippen molar-refractivity contribution in [3.63, 3.8) is 0 Å². The minimum atomic E-state index is -4.42. The average Bonchev–Trinajstić information content (AvgIpc) is 3.16. The van der Waals surface area contributed by atoms with Crippen LogP contribution >= 0.6 is 0 Å². The quantitative estimate of drug-likeness (QED) is 0.772. The van der Waals surface area contributed by atoms with Crippen molar-refractivity contribution in [2.24, 2.45) is 0 Å². The maximum Gasteiger partial charge on any atom is 0.495 e. The van der Waals surface area contributed by atoms with Crippen LogP contribution in [-0.2, 0) is 15.5 Å². The Morgan fingerprint density at radius 2 is 1.59 bits per heavy atom. The molecule has 1 saturated carbocycles. The van der Waals surface area contributed by atoms with E-state index in [4.69, 9.17) is 9.31 Å². The largest absolute Gasteiger partial charge is 0.495 e. The molecule has 0 spiro atoms. The minimum absolute atomic E-state index is 0.0931. The van der Waals surface area contributed by atoms with E-state index >= 15 is 0 Å². The molecule has 1 aromatic carbocycles. The van der Waals surface area contributed by atoms with E-state index in [0.717, 1.165) is 24.5 Å². The highest BCUT2D eigenvalue weighted by Crippen LogP contribution is 2.42. The van der Waals surface area contributed by atoms with Gasteiger partial charge in [-0.2, -0.15) is 13.2 Å². The van der Waals surface area contributed by atoms with E-state index in [9.17, 15) is 13.2 Å². The third kappa shape index (κ3) is 2.67. The predicted molar refractivity (Wildman–Crippen MR) is 79.1 cm³/mol. The van der Waals surface area contributed by atoms with E-state index in [2.05, 4.69) is 0 Å². The van der Waals surface area contributed by atoms with Crippen molar-refractivity contribution in [3.05, 3.63) is 29.3 Å². The molecular formula is C16H20BF3O2. The number of halogens is 3. The summed E-state index contributed by atoms with van der Waals surface area (Å²) < 4.78 is 51.6. The van der Waals surface area contributed by atoms with Crippen molar-refractivity contribution in [1.29, 1.82) is 0 Å². The molecule has 1 aromatic rings. The molecule has 6 heteroatoms. The van der Waals surface area contributed by atoms with Gasteiger partial charge in [-0.15, -0.1) is 0 Å². The highest BCUT2D eigenvalue weighted by atomic mass is 19.4. The lowest BCUT2D eigenvalue weighted by Gasteiger charge is -2.32. The molecule has 0 radical (unpaired) electrons. The van der Waals surface area contributed by atoms with Crippen LogP contribution in [0.5, 0.6) is 0 Å². The van der Waals surface area contributed by atoms with Crippen LogP contribution in [-0.4, -0.2) is 18.3 Å². The Bertz CT molecular complexity index is 576. The Kier molecular flexibility index (Phi) is 3.42. The first-order valence-electron chi connectivity index (χ1n) is 7.58. The van der Waals surface area contributed by atoms with E-state index in [1.807, 2.05) is 27.7 Å². The molecule has 0 aromatic heterocycles. The third-order valence-electron chi connectivity index (χ3n) is 4.94. The Hall–Kier alpha value is -1.01. The van der Waals surface area contributed by atoms with Crippen LogP contribution in [0.4, 0.5) is 13.2 Å². The first-order valence-corrected chi connectivity index (χ1v) is 7.58.